The molecule has 0 fully saturated rings. The number of amidine groups is 1. The van der Waals surface area contributed by atoms with E-state index < -0.39 is 0 Å². The van der Waals surface area contributed by atoms with Gasteiger partial charge in [-0.25, -0.2) is 4.98 Å². The van der Waals surface area contributed by atoms with Gasteiger partial charge in [0.1, 0.15) is 11.5 Å². The molecule has 0 amide bonds. The summed E-state index contributed by atoms with van der Waals surface area (Å²) in [5.74, 6) is 1.75. The number of hydrogen-bond donors (Lipinski definition) is 2. The van der Waals surface area contributed by atoms with E-state index in [4.69, 9.17) is 25.4 Å². The highest BCUT2D eigenvalue weighted by atomic mass is 32.1. The van der Waals surface area contributed by atoms with Gasteiger partial charge in [0, 0.05) is 16.0 Å². The number of ether oxygens (including phenoxy) is 2. The zero-order valence-electron chi connectivity index (χ0n) is 20.1. The zero-order chi connectivity index (χ0) is 24.2. The molecular formula is C27H35N3O3S. The molecule has 1 heterocycles. The maximum Gasteiger partial charge on any atom is 0.170 e. The second kappa shape index (κ2) is 13.6. The molecule has 0 unspecified atom stereocenters. The molecule has 0 spiro atoms. The summed E-state index contributed by atoms with van der Waals surface area (Å²) in [7, 11) is 0. The molecule has 0 aliphatic rings. The number of nitrogens with two attached hydrogens (primary N) is 1. The second-order valence-electron chi connectivity index (χ2n) is 8.26. The highest BCUT2D eigenvalue weighted by Gasteiger charge is 2.10. The van der Waals surface area contributed by atoms with E-state index in [0.717, 1.165) is 48.4 Å². The molecule has 34 heavy (non-hydrogen) atoms. The minimum Gasteiger partial charge on any atom is -0.494 e. The van der Waals surface area contributed by atoms with Crippen molar-refractivity contribution in [3.05, 3.63) is 64.0 Å². The van der Waals surface area contributed by atoms with Gasteiger partial charge in [-0.2, -0.15) is 0 Å². The number of hydrogen-bond acceptors (Lipinski definition) is 6. The number of oxime groups is 1. The number of benzene rings is 2. The standard InChI is InChI=1S/C27H35N3O3S/c1-3-4-6-9-25-29-26(20(2)34-25)21-10-14-23(15-11-21)32-18-7-5-8-19-33-24-16-12-22(13-17-24)27(28)30-31/h10-17,31H,3-9,18-19H2,1-2H3,(H2,28,30). The Morgan fingerprint density at radius 1 is 0.912 bits per heavy atom. The lowest BCUT2D eigenvalue weighted by molar-refractivity contribution is 0.279. The summed E-state index contributed by atoms with van der Waals surface area (Å²) >= 11 is 1.82. The Bertz CT molecular complexity index is 1030. The number of nitrogens with zero attached hydrogens (tertiary/aromatic N) is 2. The Morgan fingerprint density at radius 3 is 2.12 bits per heavy atom. The van der Waals surface area contributed by atoms with Gasteiger partial charge in [0.25, 0.3) is 0 Å². The van der Waals surface area contributed by atoms with Crippen molar-refractivity contribution in [2.45, 2.75) is 58.8 Å². The normalized spacial score (nSPS) is 11.5. The van der Waals surface area contributed by atoms with E-state index in [1.807, 2.05) is 35.6 Å². The van der Waals surface area contributed by atoms with Crippen LogP contribution in [0.5, 0.6) is 11.5 Å². The molecule has 0 saturated heterocycles. The molecule has 3 N–H and O–H groups in total. The molecule has 0 bridgehead atoms. The molecule has 3 aromatic rings. The Hall–Kier alpha value is -3.06. The summed E-state index contributed by atoms with van der Waals surface area (Å²) < 4.78 is 11.7. The zero-order valence-corrected chi connectivity index (χ0v) is 20.9. The van der Waals surface area contributed by atoms with E-state index >= 15 is 0 Å². The van der Waals surface area contributed by atoms with E-state index in [-0.39, 0.29) is 5.84 Å². The largest absolute Gasteiger partial charge is 0.494 e. The van der Waals surface area contributed by atoms with Gasteiger partial charge in [-0.05, 0) is 87.6 Å². The van der Waals surface area contributed by atoms with Crippen LogP contribution < -0.4 is 15.2 Å². The van der Waals surface area contributed by atoms with Gasteiger partial charge < -0.3 is 20.4 Å². The molecule has 3 rings (SSSR count). The molecule has 0 aliphatic heterocycles. The first-order chi connectivity index (χ1) is 16.6. The fraction of sp³-hybridized carbons (Fsp3) is 0.407. The van der Waals surface area contributed by atoms with Crippen molar-refractivity contribution < 1.29 is 14.7 Å². The summed E-state index contributed by atoms with van der Waals surface area (Å²) in [5.41, 5.74) is 8.47. The van der Waals surface area contributed by atoms with E-state index in [9.17, 15) is 0 Å². The Balaban J connectivity index is 1.34. The quantitative estimate of drug-likeness (QED) is 0.0893. The Kier molecular flexibility index (Phi) is 10.2. The smallest absolute Gasteiger partial charge is 0.170 e. The number of rotatable bonds is 14. The molecule has 0 saturated carbocycles. The highest BCUT2D eigenvalue weighted by molar-refractivity contribution is 7.12. The summed E-state index contributed by atoms with van der Waals surface area (Å²) in [6, 6.07) is 15.5. The predicted octanol–water partition coefficient (Wildman–Crippen LogP) is 6.57. The van der Waals surface area contributed by atoms with E-state index in [2.05, 4.69) is 31.1 Å². The van der Waals surface area contributed by atoms with E-state index in [1.54, 1.807) is 12.1 Å². The van der Waals surface area contributed by atoms with Crippen molar-refractivity contribution in [3.8, 4) is 22.8 Å². The van der Waals surface area contributed by atoms with Crippen molar-refractivity contribution in [1.29, 1.82) is 0 Å². The van der Waals surface area contributed by atoms with Crippen LogP contribution in [-0.4, -0.2) is 29.2 Å². The molecular weight excluding hydrogens is 446 g/mol. The van der Waals surface area contributed by atoms with Gasteiger partial charge in [0.2, 0.25) is 0 Å². The number of aryl methyl sites for hydroxylation is 2. The minimum absolute atomic E-state index is 0.0892. The number of unbranched alkanes of at least 4 members (excludes halogenated alkanes) is 4. The lowest BCUT2D eigenvalue weighted by Crippen LogP contribution is -2.12. The molecule has 7 heteroatoms. The molecule has 0 radical (unpaired) electrons. The van der Waals surface area contributed by atoms with Crippen LogP contribution in [0.4, 0.5) is 0 Å². The fourth-order valence-corrected chi connectivity index (χ4v) is 4.60. The molecule has 0 aliphatic carbocycles. The van der Waals surface area contributed by atoms with Crippen LogP contribution in [0.3, 0.4) is 0 Å². The number of aromatic nitrogens is 1. The second-order valence-corrected chi connectivity index (χ2v) is 9.55. The maximum atomic E-state index is 8.69. The van der Waals surface area contributed by atoms with Crippen molar-refractivity contribution >= 4 is 17.2 Å². The van der Waals surface area contributed by atoms with E-state index in [1.165, 1.54) is 29.1 Å². The first kappa shape index (κ1) is 25.6. The van der Waals surface area contributed by atoms with Crippen molar-refractivity contribution in [2.75, 3.05) is 13.2 Å². The number of thiazole rings is 1. The van der Waals surface area contributed by atoms with Crippen LogP contribution in [0, 0.1) is 6.92 Å². The third-order valence-electron chi connectivity index (χ3n) is 5.55. The first-order valence-electron chi connectivity index (χ1n) is 12.0. The lowest BCUT2D eigenvalue weighted by Gasteiger charge is -2.08. The first-order valence-corrected chi connectivity index (χ1v) is 12.8. The van der Waals surface area contributed by atoms with Crippen molar-refractivity contribution in [2.24, 2.45) is 10.9 Å². The van der Waals surface area contributed by atoms with Gasteiger partial charge in [-0.15, -0.1) is 11.3 Å². The van der Waals surface area contributed by atoms with Gasteiger partial charge in [0.15, 0.2) is 5.84 Å². The summed E-state index contributed by atoms with van der Waals surface area (Å²) in [4.78, 5) is 6.15. The van der Waals surface area contributed by atoms with Gasteiger partial charge in [-0.3, -0.25) is 0 Å². The summed E-state index contributed by atoms with van der Waals surface area (Å²) in [6.45, 7) is 5.71. The molecule has 182 valence electrons. The van der Waals surface area contributed by atoms with Crippen LogP contribution in [-0.2, 0) is 6.42 Å². The van der Waals surface area contributed by atoms with Crippen molar-refractivity contribution in [3.63, 3.8) is 0 Å². The van der Waals surface area contributed by atoms with Gasteiger partial charge in [0.05, 0.1) is 23.9 Å². The minimum atomic E-state index is 0.0892. The maximum absolute atomic E-state index is 8.69. The van der Waals surface area contributed by atoms with Crippen LogP contribution >= 0.6 is 11.3 Å². The van der Waals surface area contributed by atoms with Gasteiger partial charge >= 0.3 is 0 Å². The average molecular weight is 482 g/mol. The van der Waals surface area contributed by atoms with Crippen molar-refractivity contribution in [1.82, 2.24) is 4.98 Å². The Morgan fingerprint density at radius 2 is 1.53 bits per heavy atom. The predicted molar refractivity (Wildman–Crippen MR) is 139 cm³/mol. The molecule has 0 atom stereocenters. The van der Waals surface area contributed by atoms with Crippen LogP contribution in [0.1, 0.15) is 60.9 Å². The third kappa shape index (κ3) is 7.76. The van der Waals surface area contributed by atoms with Crippen LogP contribution in [0.15, 0.2) is 53.7 Å². The molecule has 6 nitrogen and oxygen atoms in total. The fourth-order valence-electron chi connectivity index (χ4n) is 3.60. The highest BCUT2D eigenvalue weighted by Crippen LogP contribution is 2.29. The molecule has 1 aromatic heterocycles. The molecule has 2 aromatic carbocycles. The average Bonchev–Trinajstić information content (AvgIpc) is 3.24. The van der Waals surface area contributed by atoms with Gasteiger partial charge in [-0.1, -0.05) is 24.9 Å². The van der Waals surface area contributed by atoms with Crippen LogP contribution in [0.2, 0.25) is 0 Å². The third-order valence-corrected chi connectivity index (χ3v) is 6.58. The Labute approximate surface area is 206 Å². The summed E-state index contributed by atoms with van der Waals surface area (Å²) in [5, 5.41) is 12.9. The lowest BCUT2D eigenvalue weighted by atomic mass is 10.1. The van der Waals surface area contributed by atoms with Crippen LogP contribution in [0.25, 0.3) is 11.3 Å². The summed E-state index contributed by atoms with van der Waals surface area (Å²) in [6.07, 6.45) is 7.74. The topological polar surface area (TPSA) is 90.0 Å². The SMILES string of the molecule is CCCCCc1nc(-c2ccc(OCCCCCOc3ccc(C(N)=NO)cc3)cc2)c(C)s1. The monoisotopic (exact) mass is 481 g/mol. The van der Waals surface area contributed by atoms with E-state index in [0.29, 0.717) is 18.8 Å².